The molecule has 1 atom stereocenters. The van der Waals surface area contributed by atoms with Crippen LogP contribution in [0.4, 0.5) is 5.82 Å². The maximum absolute atomic E-state index is 12.2. The quantitative estimate of drug-likeness (QED) is 0.678. The summed E-state index contributed by atoms with van der Waals surface area (Å²) in [6, 6.07) is 8.66. The molecule has 146 valence electrons. The number of hydrogen-bond donors (Lipinski definition) is 1. The van der Waals surface area contributed by atoms with Crippen LogP contribution in [-0.2, 0) is 14.3 Å². The number of nitrogens with zero attached hydrogens (tertiary/aromatic N) is 2. The predicted octanol–water partition coefficient (Wildman–Crippen LogP) is 2.81. The third-order valence-electron chi connectivity index (χ3n) is 3.58. The normalized spacial score (nSPS) is 11.7. The third-order valence-corrected chi connectivity index (χ3v) is 3.58. The Morgan fingerprint density at radius 2 is 1.70 bits per heavy atom. The van der Waals surface area contributed by atoms with Gasteiger partial charge in [-0.3, -0.25) is 4.79 Å². The molecule has 0 aliphatic heterocycles. The van der Waals surface area contributed by atoms with Crippen LogP contribution in [-0.4, -0.2) is 41.0 Å². The van der Waals surface area contributed by atoms with Crippen LogP contribution in [0.1, 0.15) is 33.7 Å². The Bertz CT molecular complexity index is 755. The van der Waals surface area contributed by atoms with Gasteiger partial charge in [0.2, 0.25) is 0 Å². The second kappa shape index (κ2) is 9.61. The van der Waals surface area contributed by atoms with Crippen LogP contribution in [0.15, 0.2) is 36.5 Å². The maximum atomic E-state index is 12.2. The Balaban J connectivity index is 1.80. The van der Waals surface area contributed by atoms with E-state index in [1.807, 2.05) is 20.8 Å². The third kappa shape index (κ3) is 6.02. The van der Waals surface area contributed by atoms with E-state index in [9.17, 15) is 9.59 Å². The van der Waals surface area contributed by atoms with E-state index in [-0.39, 0.29) is 12.6 Å². The first-order valence-electron chi connectivity index (χ1n) is 8.80. The number of nitrogens with one attached hydrogen (secondary N) is 1. The van der Waals surface area contributed by atoms with Crippen LogP contribution in [0.25, 0.3) is 0 Å². The summed E-state index contributed by atoms with van der Waals surface area (Å²) in [5.74, 6) is 0.700. The van der Waals surface area contributed by atoms with Gasteiger partial charge in [-0.25, -0.2) is 9.48 Å². The number of hydrogen-bond acceptors (Lipinski definition) is 6. The highest BCUT2D eigenvalue weighted by Gasteiger charge is 2.20. The number of rotatable bonds is 9. The van der Waals surface area contributed by atoms with Crippen molar-refractivity contribution in [3.8, 4) is 11.5 Å². The second-order valence-corrected chi connectivity index (χ2v) is 6.07. The van der Waals surface area contributed by atoms with Gasteiger partial charge in [0.1, 0.15) is 17.3 Å². The van der Waals surface area contributed by atoms with Gasteiger partial charge >= 0.3 is 5.97 Å². The molecule has 8 heteroatoms. The number of carbonyl (C=O) groups excluding carboxylic acids is 2. The Labute approximate surface area is 158 Å². The van der Waals surface area contributed by atoms with Crippen molar-refractivity contribution in [2.24, 2.45) is 0 Å². The van der Waals surface area contributed by atoms with Crippen LogP contribution >= 0.6 is 0 Å². The van der Waals surface area contributed by atoms with Gasteiger partial charge in [-0.2, -0.15) is 5.10 Å². The van der Waals surface area contributed by atoms with Crippen molar-refractivity contribution in [3.63, 3.8) is 0 Å². The molecule has 0 spiro atoms. The first-order valence-corrected chi connectivity index (χ1v) is 8.80. The Kier molecular flexibility index (Phi) is 7.22. The Morgan fingerprint density at radius 1 is 1.07 bits per heavy atom. The molecule has 1 amide bonds. The summed E-state index contributed by atoms with van der Waals surface area (Å²) >= 11 is 0. The Morgan fingerprint density at radius 3 is 2.30 bits per heavy atom. The van der Waals surface area contributed by atoms with E-state index < -0.39 is 18.0 Å². The van der Waals surface area contributed by atoms with Crippen molar-refractivity contribution < 1.29 is 23.8 Å². The summed E-state index contributed by atoms with van der Waals surface area (Å²) in [5, 5.41) is 6.83. The molecular weight excluding hydrogens is 350 g/mol. The second-order valence-electron chi connectivity index (χ2n) is 6.07. The van der Waals surface area contributed by atoms with Crippen LogP contribution < -0.4 is 14.8 Å². The van der Waals surface area contributed by atoms with E-state index in [4.69, 9.17) is 14.2 Å². The maximum Gasteiger partial charge on any atom is 0.344 e. The Hall–Kier alpha value is -3.03. The average molecular weight is 375 g/mol. The molecule has 0 saturated carbocycles. The fraction of sp³-hybridized carbons (Fsp3) is 0.421. The lowest BCUT2D eigenvalue weighted by Crippen LogP contribution is -2.32. The van der Waals surface area contributed by atoms with Gasteiger partial charge in [-0.1, -0.05) is 0 Å². The summed E-state index contributed by atoms with van der Waals surface area (Å²) in [6.45, 7) is 7.57. The highest BCUT2D eigenvalue weighted by atomic mass is 16.6. The molecule has 1 heterocycles. The van der Waals surface area contributed by atoms with Crippen molar-refractivity contribution in [2.45, 2.75) is 39.8 Å². The minimum Gasteiger partial charge on any atom is -0.494 e. The largest absolute Gasteiger partial charge is 0.494 e. The summed E-state index contributed by atoms with van der Waals surface area (Å²) in [6.07, 6.45) is 0.633. The molecule has 0 unspecified atom stereocenters. The molecule has 0 radical (unpaired) electrons. The van der Waals surface area contributed by atoms with Crippen molar-refractivity contribution >= 4 is 17.7 Å². The molecule has 27 heavy (non-hydrogen) atoms. The molecule has 1 aromatic carbocycles. The van der Waals surface area contributed by atoms with Gasteiger partial charge in [0.15, 0.2) is 12.7 Å². The van der Waals surface area contributed by atoms with Crippen molar-refractivity contribution in [1.29, 1.82) is 0 Å². The van der Waals surface area contributed by atoms with Crippen molar-refractivity contribution in [2.75, 3.05) is 18.5 Å². The van der Waals surface area contributed by atoms with Gasteiger partial charge in [0.05, 0.1) is 12.8 Å². The first-order chi connectivity index (χ1) is 12.9. The highest BCUT2D eigenvalue weighted by Crippen LogP contribution is 2.17. The SMILES string of the molecule is CCOc1ccc(OCC(=O)O[C@@H](C)C(=O)Nc2ccnn2C(C)C)cc1. The topological polar surface area (TPSA) is 91.7 Å². The zero-order valence-corrected chi connectivity index (χ0v) is 16.0. The van der Waals surface area contributed by atoms with Crippen LogP contribution in [0.5, 0.6) is 11.5 Å². The van der Waals surface area contributed by atoms with Crippen molar-refractivity contribution in [3.05, 3.63) is 36.5 Å². The lowest BCUT2D eigenvalue weighted by molar-refractivity contribution is -0.155. The lowest BCUT2D eigenvalue weighted by atomic mass is 10.3. The van der Waals surface area contributed by atoms with Gasteiger partial charge in [0, 0.05) is 12.1 Å². The zero-order chi connectivity index (χ0) is 19.8. The molecule has 1 N–H and O–H groups in total. The number of benzene rings is 1. The van der Waals surface area contributed by atoms with E-state index in [0.717, 1.165) is 5.75 Å². The molecule has 2 aromatic rings. The standard InChI is InChI=1S/C19H25N3O5/c1-5-25-15-6-8-16(9-7-15)26-12-18(23)27-14(4)19(24)21-17-10-11-20-22(17)13(2)3/h6-11,13-14H,5,12H2,1-4H3,(H,21,24)/t14-/m0/s1. The number of carbonyl (C=O) groups is 2. The van der Waals surface area contributed by atoms with Crippen LogP contribution in [0, 0.1) is 0 Å². The van der Waals surface area contributed by atoms with E-state index in [2.05, 4.69) is 10.4 Å². The zero-order valence-electron chi connectivity index (χ0n) is 16.0. The number of amides is 1. The van der Waals surface area contributed by atoms with E-state index in [1.54, 1.807) is 41.2 Å². The average Bonchev–Trinajstić information content (AvgIpc) is 3.09. The van der Waals surface area contributed by atoms with E-state index in [0.29, 0.717) is 18.2 Å². The molecular formula is C19H25N3O5. The summed E-state index contributed by atoms with van der Waals surface area (Å²) in [5.41, 5.74) is 0. The predicted molar refractivity (Wildman–Crippen MR) is 99.9 cm³/mol. The van der Waals surface area contributed by atoms with E-state index in [1.165, 1.54) is 6.92 Å². The monoisotopic (exact) mass is 375 g/mol. The molecule has 0 saturated heterocycles. The summed E-state index contributed by atoms with van der Waals surface area (Å²) < 4.78 is 17.5. The molecule has 1 aromatic heterocycles. The lowest BCUT2D eigenvalue weighted by Gasteiger charge is -2.16. The minimum absolute atomic E-state index is 0.0932. The number of aromatic nitrogens is 2. The van der Waals surface area contributed by atoms with Crippen LogP contribution in [0.2, 0.25) is 0 Å². The smallest absolute Gasteiger partial charge is 0.344 e. The molecule has 0 aliphatic rings. The van der Waals surface area contributed by atoms with E-state index >= 15 is 0 Å². The fourth-order valence-corrected chi connectivity index (χ4v) is 2.28. The molecule has 2 rings (SSSR count). The number of esters is 1. The number of ether oxygens (including phenoxy) is 3. The highest BCUT2D eigenvalue weighted by molar-refractivity contribution is 5.94. The van der Waals surface area contributed by atoms with Gasteiger partial charge < -0.3 is 19.5 Å². The minimum atomic E-state index is -0.961. The molecule has 8 nitrogen and oxygen atoms in total. The molecule has 0 fully saturated rings. The summed E-state index contributed by atoms with van der Waals surface area (Å²) in [7, 11) is 0. The number of anilines is 1. The van der Waals surface area contributed by atoms with Crippen molar-refractivity contribution in [1.82, 2.24) is 9.78 Å². The summed E-state index contributed by atoms with van der Waals surface area (Å²) in [4.78, 5) is 24.1. The molecule has 0 bridgehead atoms. The van der Waals surface area contributed by atoms with Crippen LogP contribution in [0.3, 0.4) is 0 Å². The molecule has 0 aliphatic carbocycles. The van der Waals surface area contributed by atoms with Gasteiger partial charge in [-0.05, 0) is 52.0 Å². The van der Waals surface area contributed by atoms with Gasteiger partial charge in [-0.15, -0.1) is 0 Å². The van der Waals surface area contributed by atoms with Gasteiger partial charge in [0.25, 0.3) is 5.91 Å². The fourth-order valence-electron chi connectivity index (χ4n) is 2.28. The first kappa shape index (κ1) is 20.3.